The van der Waals surface area contributed by atoms with Gasteiger partial charge < -0.3 is 9.88 Å². The van der Waals surface area contributed by atoms with Crippen molar-refractivity contribution in [1.82, 2.24) is 14.8 Å². The highest BCUT2D eigenvalue weighted by atomic mass is 79.9. The summed E-state index contributed by atoms with van der Waals surface area (Å²) in [5.74, 6) is 0.158. The second kappa shape index (κ2) is 7.66. The van der Waals surface area contributed by atoms with E-state index in [9.17, 15) is 9.59 Å². The number of benzene rings is 2. The number of H-pyrrole nitrogens is 1. The van der Waals surface area contributed by atoms with E-state index in [-0.39, 0.29) is 11.7 Å². The molecule has 0 atom stereocenters. The highest BCUT2D eigenvalue weighted by molar-refractivity contribution is 9.10. The molecule has 138 valence electrons. The Morgan fingerprint density at radius 3 is 2.41 bits per heavy atom. The number of hydrogen-bond acceptors (Lipinski definition) is 3. The highest BCUT2D eigenvalue weighted by Crippen LogP contribution is 2.19. The van der Waals surface area contributed by atoms with Crippen molar-refractivity contribution in [3.05, 3.63) is 70.3 Å². The summed E-state index contributed by atoms with van der Waals surface area (Å²) in [4.78, 5) is 32.4. The monoisotopic (exact) mass is 425 g/mol. The lowest BCUT2D eigenvalue weighted by Crippen LogP contribution is -2.49. The molecule has 1 saturated heterocycles. The molecule has 2 aromatic carbocycles. The number of fused-ring (bicyclic) bond motifs is 1. The van der Waals surface area contributed by atoms with Crippen LogP contribution in [0.15, 0.2) is 59.2 Å². The summed E-state index contributed by atoms with van der Waals surface area (Å²) in [6, 6.07) is 15.3. The van der Waals surface area contributed by atoms with E-state index < -0.39 is 0 Å². The van der Waals surface area contributed by atoms with Crippen LogP contribution in [0.2, 0.25) is 0 Å². The number of para-hydroxylation sites is 1. The van der Waals surface area contributed by atoms with Crippen molar-refractivity contribution in [2.75, 3.05) is 32.7 Å². The second-order valence-electron chi connectivity index (χ2n) is 6.75. The standard InChI is InChI=1S/C21H20BrN3O2/c22-16-7-5-15(6-8-16)21(27)25-11-9-24(10-12-25)14-20(26)18-13-23-19-4-2-1-3-17(18)19/h1-8,13,23H,9-12,14H2. The molecule has 27 heavy (non-hydrogen) atoms. The van der Waals surface area contributed by atoms with Crippen molar-refractivity contribution in [3.8, 4) is 0 Å². The van der Waals surface area contributed by atoms with Gasteiger partial charge in [-0.15, -0.1) is 0 Å². The number of hydrogen-bond donors (Lipinski definition) is 1. The zero-order valence-corrected chi connectivity index (χ0v) is 16.4. The lowest BCUT2D eigenvalue weighted by Gasteiger charge is -2.34. The first kappa shape index (κ1) is 17.9. The predicted octanol–water partition coefficient (Wildman–Crippen LogP) is 3.57. The molecule has 0 bridgehead atoms. The fourth-order valence-corrected chi connectivity index (χ4v) is 3.74. The Labute approximate surface area is 166 Å². The Kier molecular flexibility index (Phi) is 5.09. The van der Waals surface area contributed by atoms with Crippen LogP contribution in [0.5, 0.6) is 0 Å². The van der Waals surface area contributed by atoms with E-state index >= 15 is 0 Å². The number of amides is 1. The number of rotatable bonds is 4. The largest absolute Gasteiger partial charge is 0.360 e. The molecular weight excluding hydrogens is 406 g/mol. The summed E-state index contributed by atoms with van der Waals surface area (Å²) in [6.45, 7) is 3.06. The number of ketones is 1. The van der Waals surface area contributed by atoms with E-state index in [1.807, 2.05) is 53.4 Å². The third-order valence-corrected chi connectivity index (χ3v) is 5.54. The zero-order valence-electron chi connectivity index (χ0n) is 14.8. The van der Waals surface area contributed by atoms with E-state index in [2.05, 4.69) is 25.8 Å². The molecule has 0 saturated carbocycles. The van der Waals surface area contributed by atoms with Crippen LogP contribution in [0, 0.1) is 0 Å². The van der Waals surface area contributed by atoms with Gasteiger partial charge >= 0.3 is 0 Å². The van der Waals surface area contributed by atoms with Crippen LogP contribution in [0.1, 0.15) is 20.7 Å². The molecule has 1 aromatic heterocycles. The SMILES string of the molecule is O=C(CN1CCN(C(=O)c2ccc(Br)cc2)CC1)c1c[nH]c2ccccc12. The first-order valence-electron chi connectivity index (χ1n) is 8.98. The van der Waals surface area contributed by atoms with Crippen LogP contribution in [-0.2, 0) is 0 Å². The number of Topliss-reactive ketones (excluding diaryl/α,β-unsaturated/α-hetero) is 1. The molecule has 2 heterocycles. The van der Waals surface area contributed by atoms with E-state index in [0.29, 0.717) is 38.3 Å². The maximum absolute atomic E-state index is 12.7. The van der Waals surface area contributed by atoms with E-state index in [1.54, 1.807) is 6.20 Å². The summed E-state index contributed by atoms with van der Waals surface area (Å²) in [7, 11) is 0. The Bertz CT molecular complexity index is 973. The summed E-state index contributed by atoms with van der Waals surface area (Å²) in [6.07, 6.45) is 1.79. The van der Waals surface area contributed by atoms with Gasteiger partial charge in [0.05, 0.1) is 6.54 Å². The number of nitrogens with zero attached hydrogens (tertiary/aromatic N) is 2. The maximum Gasteiger partial charge on any atom is 0.253 e. The van der Waals surface area contributed by atoms with Gasteiger partial charge in [-0.25, -0.2) is 0 Å². The van der Waals surface area contributed by atoms with Crippen molar-refractivity contribution >= 4 is 38.5 Å². The van der Waals surface area contributed by atoms with Gasteiger partial charge in [-0.1, -0.05) is 34.1 Å². The molecule has 0 spiro atoms. The number of carbonyl (C=O) groups is 2. The van der Waals surface area contributed by atoms with E-state index in [4.69, 9.17) is 0 Å². The smallest absolute Gasteiger partial charge is 0.253 e. The number of nitrogens with one attached hydrogen (secondary N) is 1. The fourth-order valence-electron chi connectivity index (χ4n) is 3.47. The van der Waals surface area contributed by atoms with Crippen LogP contribution >= 0.6 is 15.9 Å². The molecule has 5 nitrogen and oxygen atoms in total. The molecular formula is C21H20BrN3O2. The molecule has 1 fully saturated rings. The molecule has 1 N–H and O–H groups in total. The van der Waals surface area contributed by atoms with Gasteiger partial charge in [0.2, 0.25) is 0 Å². The summed E-state index contributed by atoms with van der Waals surface area (Å²) < 4.78 is 0.958. The predicted molar refractivity (Wildman–Crippen MR) is 109 cm³/mol. The minimum Gasteiger partial charge on any atom is -0.360 e. The zero-order chi connectivity index (χ0) is 18.8. The molecule has 1 amide bonds. The highest BCUT2D eigenvalue weighted by Gasteiger charge is 2.24. The van der Waals surface area contributed by atoms with Crippen molar-refractivity contribution in [2.45, 2.75) is 0 Å². The van der Waals surface area contributed by atoms with E-state index in [0.717, 1.165) is 20.9 Å². The van der Waals surface area contributed by atoms with E-state index in [1.165, 1.54) is 0 Å². The Morgan fingerprint density at radius 1 is 0.963 bits per heavy atom. The van der Waals surface area contributed by atoms with Crippen molar-refractivity contribution < 1.29 is 9.59 Å². The van der Waals surface area contributed by atoms with Crippen molar-refractivity contribution in [2.24, 2.45) is 0 Å². The number of piperazine rings is 1. The van der Waals surface area contributed by atoms with Gasteiger partial charge in [-0.2, -0.15) is 0 Å². The number of carbonyl (C=O) groups excluding carboxylic acids is 2. The van der Waals surface area contributed by atoms with Gasteiger partial charge in [-0.05, 0) is 30.3 Å². The van der Waals surface area contributed by atoms with Crippen molar-refractivity contribution in [1.29, 1.82) is 0 Å². The Balaban J connectivity index is 1.36. The second-order valence-corrected chi connectivity index (χ2v) is 7.66. The third-order valence-electron chi connectivity index (χ3n) is 5.01. The van der Waals surface area contributed by atoms with Gasteiger partial charge in [0.15, 0.2) is 5.78 Å². The van der Waals surface area contributed by atoms with Crippen LogP contribution < -0.4 is 0 Å². The minimum atomic E-state index is 0.0464. The molecule has 6 heteroatoms. The molecule has 1 aliphatic heterocycles. The quantitative estimate of drug-likeness (QED) is 0.649. The van der Waals surface area contributed by atoms with Gasteiger partial charge in [-0.3, -0.25) is 14.5 Å². The Morgan fingerprint density at radius 2 is 1.67 bits per heavy atom. The number of aromatic amines is 1. The molecule has 0 aliphatic carbocycles. The molecule has 1 aliphatic rings. The first-order valence-corrected chi connectivity index (χ1v) is 9.77. The van der Waals surface area contributed by atoms with Gasteiger partial charge in [0, 0.05) is 58.9 Å². The minimum absolute atomic E-state index is 0.0464. The maximum atomic E-state index is 12.7. The number of aromatic nitrogens is 1. The van der Waals surface area contributed by atoms with Crippen molar-refractivity contribution in [3.63, 3.8) is 0 Å². The Hall–Kier alpha value is -2.44. The first-order chi connectivity index (χ1) is 13.1. The number of halogens is 1. The van der Waals surface area contributed by atoms with Gasteiger partial charge in [0.1, 0.15) is 0 Å². The van der Waals surface area contributed by atoms with Crippen LogP contribution in [-0.4, -0.2) is 59.2 Å². The van der Waals surface area contributed by atoms with Crippen LogP contribution in [0.25, 0.3) is 10.9 Å². The average Bonchev–Trinajstić information content (AvgIpc) is 3.13. The van der Waals surface area contributed by atoms with Crippen LogP contribution in [0.4, 0.5) is 0 Å². The topological polar surface area (TPSA) is 56.4 Å². The summed E-state index contributed by atoms with van der Waals surface area (Å²) in [5, 5.41) is 0.964. The average molecular weight is 426 g/mol. The van der Waals surface area contributed by atoms with Crippen LogP contribution in [0.3, 0.4) is 0 Å². The summed E-state index contributed by atoms with van der Waals surface area (Å²) in [5.41, 5.74) is 2.41. The lowest BCUT2D eigenvalue weighted by atomic mass is 10.1. The normalized spacial score (nSPS) is 15.2. The summed E-state index contributed by atoms with van der Waals surface area (Å²) >= 11 is 3.39. The molecule has 0 unspecified atom stereocenters. The molecule has 4 rings (SSSR count). The molecule has 0 radical (unpaired) electrons. The fraction of sp³-hybridized carbons (Fsp3) is 0.238. The van der Waals surface area contributed by atoms with Gasteiger partial charge in [0.25, 0.3) is 5.91 Å². The third kappa shape index (κ3) is 3.82. The molecule has 3 aromatic rings. The lowest BCUT2D eigenvalue weighted by molar-refractivity contribution is 0.0624.